The first-order valence-corrected chi connectivity index (χ1v) is 8.21. The maximum absolute atomic E-state index is 12.2. The van der Waals surface area contributed by atoms with Crippen LogP contribution in [0.25, 0.3) is 0 Å². The number of benzene rings is 2. The Morgan fingerprint density at radius 3 is 2.48 bits per heavy atom. The van der Waals surface area contributed by atoms with E-state index in [0.29, 0.717) is 11.3 Å². The molecule has 2 aromatic rings. The number of methoxy groups -OCH3 is 1. The number of ether oxygens (including phenoxy) is 1. The van der Waals surface area contributed by atoms with E-state index in [1.165, 1.54) is 7.11 Å². The quantitative estimate of drug-likeness (QED) is 0.651. The van der Waals surface area contributed by atoms with Crippen molar-refractivity contribution < 1.29 is 14.3 Å². The lowest BCUT2D eigenvalue weighted by Crippen LogP contribution is -2.37. The van der Waals surface area contributed by atoms with Crippen molar-refractivity contribution in [2.45, 2.75) is 10.9 Å². The molecule has 0 radical (unpaired) electrons. The van der Waals surface area contributed by atoms with Crippen LogP contribution in [0.5, 0.6) is 0 Å². The minimum absolute atomic E-state index is 0.470. The van der Waals surface area contributed by atoms with E-state index in [9.17, 15) is 9.59 Å². The molecule has 120 valence electrons. The van der Waals surface area contributed by atoms with Gasteiger partial charge in [0.1, 0.15) is 0 Å². The van der Waals surface area contributed by atoms with Gasteiger partial charge in [0.2, 0.25) is 0 Å². The number of carbonyl (C=O) groups excluding carboxylic acids is 2. The minimum Gasteiger partial charge on any atom is -0.467 e. The molecular weight excluding hydrogens is 312 g/mol. The number of rotatable bonds is 5. The molecule has 0 fully saturated rings. The van der Waals surface area contributed by atoms with Crippen molar-refractivity contribution in [3.63, 3.8) is 0 Å². The second-order valence-electron chi connectivity index (χ2n) is 4.70. The maximum atomic E-state index is 12.2. The molecule has 1 unspecified atom stereocenters. The molecule has 5 nitrogen and oxygen atoms in total. The van der Waals surface area contributed by atoms with Crippen LogP contribution in [0.3, 0.4) is 0 Å². The van der Waals surface area contributed by atoms with Gasteiger partial charge in [0.25, 0.3) is 0 Å². The highest BCUT2D eigenvalue weighted by Crippen LogP contribution is 2.19. The maximum Gasteiger partial charge on any atom is 0.333 e. The predicted molar refractivity (Wildman–Crippen MR) is 91.6 cm³/mol. The van der Waals surface area contributed by atoms with Gasteiger partial charge in [-0.15, -0.1) is 11.8 Å². The van der Waals surface area contributed by atoms with Gasteiger partial charge >= 0.3 is 12.0 Å². The summed E-state index contributed by atoms with van der Waals surface area (Å²) in [4.78, 5) is 25.1. The monoisotopic (exact) mass is 330 g/mol. The van der Waals surface area contributed by atoms with Crippen LogP contribution in [-0.2, 0) is 9.53 Å². The van der Waals surface area contributed by atoms with E-state index in [1.54, 1.807) is 42.1 Å². The first kappa shape index (κ1) is 16.9. The first-order chi connectivity index (χ1) is 11.1. The Hall–Kier alpha value is -2.47. The van der Waals surface area contributed by atoms with Crippen LogP contribution < -0.4 is 10.6 Å². The van der Waals surface area contributed by atoms with Crippen molar-refractivity contribution in [1.29, 1.82) is 0 Å². The fourth-order valence-electron chi connectivity index (χ4n) is 2.04. The van der Waals surface area contributed by atoms with Crippen molar-refractivity contribution in [2.75, 3.05) is 18.7 Å². The van der Waals surface area contributed by atoms with E-state index in [2.05, 4.69) is 10.6 Å². The van der Waals surface area contributed by atoms with E-state index < -0.39 is 18.0 Å². The molecule has 0 aliphatic rings. The van der Waals surface area contributed by atoms with Gasteiger partial charge in [-0.2, -0.15) is 0 Å². The van der Waals surface area contributed by atoms with Crippen LogP contribution in [0, 0.1) is 0 Å². The molecule has 2 aromatic carbocycles. The van der Waals surface area contributed by atoms with E-state index in [4.69, 9.17) is 4.74 Å². The van der Waals surface area contributed by atoms with Gasteiger partial charge in [-0.1, -0.05) is 36.4 Å². The number of amides is 2. The van der Waals surface area contributed by atoms with Crippen LogP contribution in [0.4, 0.5) is 10.5 Å². The van der Waals surface area contributed by atoms with Gasteiger partial charge in [0.05, 0.1) is 7.11 Å². The lowest BCUT2D eigenvalue weighted by atomic mass is 10.1. The molecule has 0 saturated carbocycles. The zero-order chi connectivity index (χ0) is 16.7. The topological polar surface area (TPSA) is 67.4 Å². The van der Waals surface area contributed by atoms with E-state index >= 15 is 0 Å². The number of hydrogen-bond acceptors (Lipinski definition) is 4. The van der Waals surface area contributed by atoms with Crippen LogP contribution in [0.2, 0.25) is 0 Å². The highest BCUT2D eigenvalue weighted by atomic mass is 32.2. The van der Waals surface area contributed by atoms with Gasteiger partial charge in [-0.25, -0.2) is 9.59 Å². The Morgan fingerprint density at radius 2 is 1.83 bits per heavy atom. The third-order valence-corrected chi connectivity index (χ3v) is 3.90. The van der Waals surface area contributed by atoms with Gasteiger partial charge < -0.3 is 15.4 Å². The number of nitrogens with one attached hydrogen (secondary N) is 2. The Morgan fingerprint density at radius 1 is 1.09 bits per heavy atom. The van der Waals surface area contributed by atoms with Crippen molar-refractivity contribution in [2.24, 2.45) is 0 Å². The summed E-state index contributed by atoms with van der Waals surface area (Å²) in [6.45, 7) is 0. The molecule has 0 spiro atoms. The summed E-state index contributed by atoms with van der Waals surface area (Å²) in [5, 5.41) is 5.36. The second kappa shape index (κ2) is 8.24. The molecule has 2 N–H and O–H groups in total. The molecule has 23 heavy (non-hydrogen) atoms. The molecule has 0 aliphatic carbocycles. The van der Waals surface area contributed by atoms with Crippen LogP contribution >= 0.6 is 11.8 Å². The fourth-order valence-corrected chi connectivity index (χ4v) is 2.50. The normalized spacial score (nSPS) is 11.4. The number of anilines is 1. The highest BCUT2D eigenvalue weighted by Gasteiger charge is 2.23. The molecule has 0 saturated heterocycles. The lowest BCUT2D eigenvalue weighted by molar-refractivity contribution is -0.143. The average molecular weight is 330 g/mol. The molecule has 0 bridgehead atoms. The average Bonchev–Trinajstić information content (AvgIpc) is 2.60. The smallest absolute Gasteiger partial charge is 0.333 e. The van der Waals surface area contributed by atoms with Crippen molar-refractivity contribution >= 4 is 29.4 Å². The summed E-state index contributed by atoms with van der Waals surface area (Å²) in [5.74, 6) is -0.524. The van der Waals surface area contributed by atoms with Gasteiger partial charge in [0.15, 0.2) is 6.04 Å². The minimum atomic E-state index is -0.857. The van der Waals surface area contributed by atoms with Gasteiger partial charge in [-0.05, 0) is 30.0 Å². The van der Waals surface area contributed by atoms with Crippen molar-refractivity contribution in [1.82, 2.24) is 5.32 Å². The third-order valence-electron chi connectivity index (χ3n) is 3.17. The Labute approximate surface area is 139 Å². The molecule has 0 aromatic heterocycles. The molecule has 2 rings (SSSR count). The molecular formula is C17H18N2O3S. The van der Waals surface area contributed by atoms with Gasteiger partial charge in [0, 0.05) is 10.6 Å². The van der Waals surface area contributed by atoms with E-state index in [0.717, 1.165) is 4.90 Å². The molecule has 0 heterocycles. The zero-order valence-corrected chi connectivity index (χ0v) is 13.7. The first-order valence-electron chi connectivity index (χ1n) is 6.98. The lowest BCUT2D eigenvalue weighted by Gasteiger charge is -2.17. The molecule has 0 aliphatic heterocycles. The summed E-state index contributed by atoms with van der Waals surface area (Å²) in [6.07, 6.45) is 1.96. The van der Waals surface area contributed by atoms with Crippen LogP contribution in [0.1, 0.15) is 11.6 Å². The predicted octanol–water partition coefficient (Wildman–Crippen LogP) is 3.44. The number of hydrogen-bond donors (Lipinski definition) is 2. The van der Waals surface area contributed by atoms with Crippen LogP contribution in [0.15, 0.2) is 59.5 Å². The number of thioether (sulfide) groups is 1. The number of carbonyl (C=O) groups is 2. The summed E-state index contributed by atoms with van der Waals surface area (Å²) in [5.41, 5.74) is 1.32. The summed E-state index contributed by atoms with van der Waals surface area (Å²) in [7, 11) is 1.29. The fraction of sp³-hybridized carbons (Fsp3) is 0.176. The van der Waals surface area contributed by atoms with Crippen molar-refractivity contribution in [3.8, 4) is 0 Å². The Bertz CT molecular complexity index is 677. The summed E-state index contributed by atoms with van der Waals surface area (Å²) >= 11 is 1.58. The number of esters is 1. The number of urea groups is 1. The second-order valence-corrected chi connectivity index (χ2v) is 5.58. The van der Waals surface area contributed by atoms with E-state index in [-0.39, 0.29) is 0 Å². The Balaban J connectivity index is 2.10. The SMILES string of the molecule is COC(=O)C(NC(=O)Nc1cccc(SC)c1)c1ccccc1. The largest absolute Gasteiger partial charge is 0.467 e. The van der Waals surface area contributed by atoms with Crippen LogP contribution in [-0.4, -0.2) is 25.4 Å². The Kier molecular flexibility index (Phi) is 6.05. The molecule has 2 amide bonds. The summed E-state index contributed by atoms with van der Waals surface area (Å²) in [6, 6.07) is 15.1. The molecule has 6 heteroatoms. The molecule has 1 atom stereocenters. The standard InChI is InChI=1S/C17H18N2O3S/c1-22-16(20)15(12-7-4-3-5-8-12)19-17(21)18-13-9-6-10-14(11-13)23-2/h3-11,15H,1-2H3,(H2,18,19,21). The zero-order valence-electron chi connectivity index (χ0n) is 12.9. The summed E-state index contributed by atoms with van der Waals surface area (Å²) < 4.78 is 4.77. The highest BCUT2D eigenvalue weighted by molar-refractivity contribution is 7.98. The van der Waals surface area contributed by atoms with Crippen molar-refractivity contribution in [3.05, 3.63) is 60.2 Å². The third kappa shape index (κ3) is 4.75. The van der Waals surface area contributed by atoms with E-state index in [1.807, 2.05) is 30.5 Å². The van der Waals surface area contributed by atoms with Gasteiger partial charge in [-0.3, -0.25) is 0 Å².